The number of rotatable bonds is 6. The number of sulfonamides is 1. The first kappa shape index (κ1) is 18.9. The van der Waals surface area contributed by atoms with Gasteiger partial charge in [-0.25, -0.2) is 8.42 Å². The van der Waals surface area contributed by atoms with Crippen LogP contribution in [0.3, 0.4) is 0 Å². The van der Waals surface area contributed by atoms with Gasteiger partial charge in [-0.15, -0.1) is 0 Å². The Morgan fingerprint density at radius 3 is 2.46 bits per heavy atom. The topological polar surface area (TPSA) is 75.3 Å². The molecule has 0 atom stereocenters. The zero-order chi connectivity index (χ0) is 18.0. The fourth-order valence-corrected chi connectivity index (χ4v) is 4.81. The molecule has 0 aromatic heterocycles. The smallest absolute Gasteiger partial charge is 0.241 e. The summed E-state index contributed by atoms with van der Waals surface area (Å²) in [7, 11) is -3.76. The molecule has 0 saturated heterocycles. The van der Waals surface area contributed by atoms with Crippen molar-refractivity contribution in [1.82, 2.24) is 10.0 Å². The Labute approximate surface area is 145 Å². The predicted molar refractivity (Wildman–Crippen MR) is 95.3 cm³/mol. The highest BCUT2D eigenvalue weighted by molar-refractivity contribution is 7.89. The number of nitrogens with one attached hydrogen (secondary N) is 2. The average Bonchev–Trinajstić information content (AvgIpc) is 2.99. The maximum absolute atomic E-state index is 12.7. The number of hydrogen-bond acceptors (Lipinski definition) is 3. The summed E-state index contributed by atoms with van der Waals surface area (Å²) in [6.45, 7) is 7.41. The van der Waals surface area contributed by atoms with Gasteiger partial charge in [0, 0.05) is 6.54 Å². The second-order valence-electron chi connectivity index (χ2n) is 7.36. The molecule has 1 amide bonds. The fourth-order valence-electron chi connectivity index (χ4n) is 3.11. The minimum atomic E-state index is -3.76. The van der Waals surface area contributed by atoms with Gasteiger partial charge in [0.05, 0.1) is 4.90 Å². The number of aryl methyl sites for hydroxylation is 2. The van der Waals surface area contributed by atoms with E-state index in [0.717, 1.165) is 18.4 Å². The van der Waals surface area contributed by atoms with Crippen LogP contribution in [0.25, 0.3) is 0 Å². The Bertz CT molecular complexity index is 705. The average molecular weight is 353 g/mol. The summed E-state index contributed by atoms with van der Waals surface area (Å²) in [5, 5.41) is 2.90. The van der Waals surface area contributed by atoms with Crippen LogP contribution in [0.15, 0.2) is 23.1 Å². The van der Waals surface area contributed by atoms with Crippen molar-refractivity contribution in [2.75, 3.05) is 6.54 Å². The van der Waals surface area contributed by atoms with Gasteiger partial charge in [0.15, 0.2) is 0 Å². The molecule has 6 heteroatoms. The third kappa shape index (κ3) is 4.57. The molecule has 0 spiro atoms. The van der Waals surface area contributed by atoms with Crippen LogP contribution in [0.4, 0.5) is 0 Å². The van der Waals surface area contributed by atoms with Crippen LogP contribution in [0.1, 0.15) is 50.7 Å². The van der Waals surface area contributed by atoms with Crippen molar-refractivity contribution in [2.45, 2.75) is 63.8 Å². The molecule has 1 saturated carbocycles. The van der Waals surface area contributed by atoms with Crippen molar-refractivity contribution in [1.29, 1.82) is 0 Å². The molecule has 5 nitrogen and oxygen atoms in total. The molecule has 0 unspecified atom stereocenters. The van der Waals surface area contributed by atoms with Crippen LogP contribution in [0.5, 0.6) is 0 Å². The third-order valence-corrected chi connectivity index (χ3v) is 6.41. The Hall–Kier alpha value is -1.40. The highest BCUT2D eigenvalue weighted by atomic mass is 32.2. The van der Waals surface area contributed by atoms with Gasteiger partial charge in [-0.1, -0.05) is 25.0 Å². The van der Waals surface area contributed by atoms with Gasteiger partial charge >= 0.3 is 0 Å². The lowest BCUT2D eigenvalue weighted by Gasteiger charge is -2.26. The van der Waals surface area contributed by atoms with Gasteiger partial charge in [0.1, 0.15) is 5.54 Å². The molecule has 1 fully saturated rings. The number of benzene rings is 1. The first-order chi connectivity index (χ1) is 11.1. The van der Waals surface area contributed by atoms with Crippen LogP contribution in [0.2, 0.25) is 0 Å². The molecule has 134 valence electrons. The summed E-state index contributed by atoms with van der Waals surface area (Å²) in [5.74, 6) is 0.226. The van der Waals surface area contributed by atoms with Gasteiger partial charge in [0.2, 0.25) is 15.9 Å². The molecule has 0 radical (unpaired) electrons. The molecule has 0 bridgehead atoms. The van der Waals surface area contributed by atoms with Gasteiger partial charge in [-0.05, 0) is 63.6 Å². The zero-order valence-corrected chi connectivity index (χ0v) is 15.8. The number of carbonyl (C=O) groups is 1. The summed E-state index contributed by atoms with van der Waals surface area (Å²) >= 11 is 0. The van der Waals surface area contributed by atoms with Crippen LogP contribution in [0, 0.1) is 19.8 Å². The summed E-state index contributed by atoms with van der Waals surface area (Å²) in [5.41, 5.74) is 0.327. The lowest BCUT2D eigenvalue weighted by Crippen LogP contribution is -2.55. The van der Waals surface area contributed by atoms with E-state index < -0.39 is 15.6 Å². The van der Waals surface area contributed by atoms with Crippen molar-refractivity contribution in [3.05, 3.63) is 29.3 Å². The quantitative estimate of drug-likeness (QED) is 0.826. The highest BCUT2D eigenvalue weighted by Crippen LogP contribution is 2.24. The Balaban J connectivity index is 2.08. The summed E-state index contributed by atoms with van der Waals surface area (Å²) in [6.07, 6.45) is 4.69. The van der Waals surface area contributed by atoms with Crippen molar-refractivity contribution in [3.8, 4) is 0 Å². The maximum Gasteiger partial charge on any atom is 0.241 e. The SMILES string of the molecule is Cc1ccc(C)c(S(=O)(=O)NC(C)(C)C(=O)NCC2CCCC2)c1. The van der Waals surface area contributed by atoms with Crippen molar-refractivity contribution < 1.29 is 13.2 Å². The predicted octanol–water partition coefficient (Wildman–Crippen LogP) is 2.67. The Morgan fingerprint density at radius 1 is 1.21 bits per heavy atom. The normalized spacial score (nSPS) is 16.3. The van der Waals surface area contributed by atoms with Crippen LogP contribution in [-0.2, 0) is 14.8 Å². The molecule has 2 N–H and O–H groups in total. The van der Waals surface area contributed by atoms with Gasteiger partial charge in [-0.2, -0.15) is 4.72 Å². The Kier molecular flexibility index (Phi) is 5.71. The van der Waals surface area contributed by atoms with E-state index in [-0.39, 0.29) is 10.8 Å². The molecule has 0 heterocycles. The molecule has 0 aliphatic heterocycles. The second kappa shape index (κ2) is 7.23. The van der Waals surface area contributed by atoms with E-state index in [9.17, 15) is 13.2 Å². The molecule has 1 aromatic rings. The lowest BCUT2D eigenvalue weighted by atomic mass is 10.0. The van der Waals surface area contributed by atoms with E-state index in [2.05, 4.69) is 10.0 Å². The summed E-state index contributed by atoms with van der Waals surface area (Å²) in [4.78, 5) is 12.7. The standard InChI is InChI=1S/C18H28N2O3S/c1-13-9-10-14(2)16(11-13)24(22,23)20-18(3,4)17(21)19-12-15-7-5-6-8-15/h9-11,15,20H,5-8,12H2,1-4H3,(H,19,21). The molecule has 1 aromatic carbocycles. The summed E-state index contributed by atoms with van der Waals surface area (Å²) in [6, 6.07) is 5.27. The zero-order valence-electron chi connectivity index (χ0n) is 15.0. The van der Waals surface area contributed by atoms with Crippen molar-refractivity contribution in [3.63, 3.8) is 0 Å². The van der Waals surface area contributed by atoms with E-state index in [1.807, 2.05) is 13.0 Å². The van der Waals surface area contributed by atoms with Crippen LogP contribution < -0.4 is 10.0 Å². The monoisotopic (exact) mass is 352 g/mol. The third-order valence-electron chi connectivity index (χ3n) is 4.62. The fraction of sp³-hybridized carbons (Fsp3) is 0.611. The van der Waals surface area contributed by atoms with Gasteiger partial charge in [-0.3, -0.25) is 4.79 Å². The van der Waals surface area contributed by atoms with Crippen molar-refractivity contribution in [2.24, 2.45) is 5.92 Å². The molecule has 1 aliphatic rings. The molecule has 24 heavy (non-hydrogen) atoms. The highest BCUT2D eigenvalue weighted by Gasteiger charge is 2.34. The molecule has 1 aliphatic carbocycles. The van der Waals surface area contributed by atoms with E-state index in [1.54, 1.807) is 32.9 Å². The van der Waals surface area contributed by atoms with E-state index in [4.69, 9.17) is 0 Å². The molecular weight excluding hydrogens is 324 g/mol. The maximum atomic E-state index is 12.7. The number of carbonyl (C=O) groups excluding carboxylic acids is 1. The first-order valence-electron chi connectivity index (χ1n) is 8.51. The van der Waals surface area contributed by atoms with E-state index in [0.29, 0.717) is 18.0 Å². The largest absolute Gasteiger partial charge is 0.354 e. The van der Waals surface area contributed by atoms with Crippen molar-refractivity contribution >= 4 is 15.9 Å². The van der Waals surface area contributed by atoms with E-state index >= 15 is 0 Å². The van der Waals surface area contributed by atoms with E-state index in [1.165, 1.54) is 12.8 Å². The van der Waals surface area contributed by atoms with Gasteiger partial charge < -0.3 is 5.32 Å². The Morgan fingerprint density at radius 2 is 1.83 bits per heavy atom. The second-order valence-corrected chi connectivity index (χ2v) is 9.01. The van der Waals surface area contributed by atoms with Crippen LogP contribution in [-0.4, -0.2) is 26.4 Å². The van der Waals surface area contributed by atoms with Gasteiger partial charge in [0.25, 0.3) is 0 Å². The molecular formula is C18H28N2O3S. The molecule has 2 rings (SSSR count). The minimum Gasteiger partial charge on any atom is -0.354 e. The van der Waals surface area contributed by atoms with Crippen LogP contribution >= 0.6 is 0 Å². The minimum absolute atomic E-state index is 0.221. The summed E-state index contributed by atoms with van der Waals surface area (Å²) < 4.78 is 27.9. The number of amides is 1. The number of hydrogen-bond donors (Lipinski definition) is 2. The first-order valence-corrected chi connectivity index (χ1v) is 10.00. The lowest BCUT2D eigenvalue weighted by molar-refractivity contribution is -0.125.